The van der Waals surface area contributed by atoms with Crippen LogP contribution in [0.3, 0.4) is 0 Å². The normalized spacial score (nSPS) is 15.4. The van der Waals surface area contributed by atoms with Crippen LogP contribution in [0.5, 0.6) is 0 Å². The van der Waals surface area contributed by atoms with E-state index in [1.165, 1.54) is 33.5 Å². The zero-order valence-electron chi connectivity index (χ0n) is 19.5. The van der Waals surface area contributed by atoms with Gasteiger partial charge in [0.25, 0.3) is 0 Å². The molecule has 1 aromatic heterocycles. The van der Waals surface area contributed by atoms with Gasteiger partial charge in [-0.05, 0) is 35.6 Å². The van der Waals surface area contributed by atoms with Crippen molar-refractivity contribution in [1.29, 1.82) is 0 Å². The lowest BCUT2D eigenvalue weighted by atomic mass is 10.0. The first kappa shape index (κ1) is 21.1. The predicted molar refractivity (Wildman–Crippen MR) is 136 cm³/mol. The Morgan fingerprint density at radius 1 is 0.848 bits per heavy atom. The summed E-state index contributed by atoms with van der Waals surface area (Å²) in [6, 6.07) is 25.8. The van der Waals surface area contributed by atoms with Crippen LogP contribution in [0, 0.1) is 0 Å². The Bertz CT molecular complexity index is 1300. The van der Waals surface area contributed by atoms with E-state index in [0.29, 0.717) is 0 Å². The summed E-state index contributed by atoms with van der Waals surface area (Å²) < 4.78 is 0. The van der Waals surface area contributed by atoms with Crippen molar-refractivity contribution >= 4 is 5.70 Å². The highest BCUT2D eigenvalue weighted by Crippen LogP contribution is 2.34. The van der Waals surface area contributed by atoms with Crippen molar-refractivity contribution in [2.75, 3.05) is 7.05 Å². The van der Waals surface area contributed by atoms with Gasteiger partial charge >= 0.3 is 0 Å². The van der Waals surface area contributed by atoms with Gasteiger partial charge in [-0.3, -0.25) is 0 Å². The van der Waals surface area contributed by atoms with Gasteiger partial charge in [0.15, 0.2) is 0 Å². The van der Waals surface area contributed by atoms with Gasteiger partial charge in [0, 0.05) is 29.9 Å². The van der Waals surface area contributed by atoms with Gasteiger partial charge < -0.3 is 15.2 Å². The first-order valence-corrected chi connectivity index (χ1v) is 11.7. The fourth-order valence-electron chi connectivity index (χ4n) is 4.73. The molecule has 0 aliphatic carbocycles. The number of nitrogens with one attached hydrogen (secondary N) is 2. The van der Waals surface area contributed by atoms with Crippen LogP contribution in [0.25, 0.3) is 28.3 Å². The molecule has 1 aliphatic rings. The van der Waals surface area contributed by atoms with E-state index in [0.717, 1.165) is 29.9 Å². The number of aromatic amines is 1. The summed E-state index contributed by atoms with van der Waals surface area (Å²) in [5.74, 6) is 0.919. The molecule has 4 aromatic rings. The topological polar surface area (TPSA) is 44.0 Å². The van der Waals surface area contributed by atoms with E-state index in [4.69, 9.17) is 4.98 Å². The molecule has 1 aliphatic heterocycles. The third kappa shape index (κ3) is 3.93. The van der Waals surface area contributed by atoms with E-state index < -0.39 is 0 Å². The molecule has 166 valence electrons. The number of H-pyrrole nitrogens is 1. The first-order chi connectivity index (χ1) is 16.2. The lowest BCUT2D eigenvalue weighted by Gasteiger charge is -2.27. The van der Waals surface area contributed by atoms with Crippen LogP contribution in [-0.4, -0.2) is 21.9 Å². The third-order valence-electron chi connectivity index (χ3n) is 6.57. The van der Waals surface area contributed by atoms with Crippen LogP contribution >= 0.6 is 0 Å². The summed E-state index contributed by atoms with van der Waals surface area (Å²) in [7, 11) is 2.16. The lowest BCUT2D eigenvalue weighted by molar-refractivity contribution is 0.353. The molecule has 1 unspecified atom stereocenters. The van der Waals surface area contributed by atoms with Gasteiger partial charge in [-0.1, -0.05) is 80.6 Å². The van der Waals surface area contributed by atoms with Gasteiger partial charge in [-0.15, -0.1) is 0 Å². The highest BCUT2D eigenvalue weighted by Gasteiger charge is 2.26. The summed E-state index contributed by atoms with van der Waals surface area (Å²) in [5.41, 5.74) is 9.71. The second kappa shape index (κ2) is 8.99. The molecular formula is C29H30N4. The monoisotopic (exact) mass is 434 g/mol. The minimum atomic E-state index is 0.143. The number of aryl methyl sites for hydroxylation is 2. The van der Waals surface area contributed by atoms with Gasteiger partial charge in [0.2, 0.25) is 0 Å². The smallest absolute Gasteiger partial charge is 0.138 e. The molecule has 4 heteroatoms. The number of hydrogen-bond acceptors (Lipinski definition) is 3. The Balaban J connectivity index is 1.42. The molecule has 0 saturated heterocycles. The second-order valence-electron chi connectivity index (χ2n) is 8.50. The van der Waals surface area contributed by atoms with E-state index in [1.54, 1.807) is 0 Å². The standard InChI is InChI=1S/C29H30N4/c1-4-20-11-6-8-15-24(20)28-30-18-26(32-28)22-13-10-14-23(17-22)27-19-31-29(33(27)3)25-16-9-7-12-21(25)5-2/h6-19,29,31H,4-5H2,1-3H3,(H,30,32). The number of hydrogen-bond donors (Lipinski definition) is 2. The van der Waals surface area contributed by atoms with E-state index in [-0.39, 0.29) is 6.17 Å². The molecule has 0 fully saturated rings. The zero-order valence-corrected chi connectivity index (χ0v) is 19.5. The Hall–Kier alpha value is -3.79. The van der Waals surface area contributed by atoms with Crippen LogP contribution in [0.1, 0.15) is 42.3 Å². The maximum atomic E-state index is 4.69. The van der Waals surface area contributed by atoms with Gasteiger partial charge in [0.05, 0.1) is 17.6 Å². The summed E-state index contributed by atoms with van der Waals surface area (Å²) in [4.78, 5) is 10.6. The summed E-state index contributed by atoms with van der Waals surface area (Å²) in [6.45, 7) is 4.39. The van der Waals surface area contributed by atoms with Crippen molar-refractivity contribution in [3.05, 3.63) is 107 Å². The van der Waals surface area contributed by atoms with Crippen molar-refractivity contribution in [2.24, 2.45) is 0 Å². The van der Waals surface area contributed by atoms with Crippen LogP contribution < -0.4 is 5.32 Å². The average molecular weight is 435 g/mol. The summed E-state index contributed by atoms with van der Waals surface area (Å²) in [5, 5.41) is 3.59. The lowest BCUT2D eigenvalue weighted by Crippen LogP contribution is -2.26. The highest BCUT2D eigenvalue weighted by atomic mass is 15.3. The van der Waals surface area contributed by atoms with E-state index >= 15 is 0 Å². The Morgan fingerprint density at radius 2 is 1.58 bits per heavy atom. The number of rotatable bonds is 6. The fourth-order valence-corrected chi connectivity index (χ4v) is 4.73. The van der Waals surface area contributed by atoms with E-state index in [9.17, 15) is 0 Å². The largest absolute Gasteiger partial charge is 0.366 e. The molecule has 0 spiro atoms. The first-order valence-electron chi connectivity index (χ1n) is 11.7. The maximum absolute atomic E-state index is 4.69. The van der Waals surface area contributed by atoms with Gasteiger partial charge in [0.1, 0.15) is 12.0 Å². The maximum Gasteiger partial charge on any atom is 0.138 e. The summed E-state index contributed by atoms with van der Waals surface area (Å²) >= 11 is 0. The molecule has 2 heterocycles. The van der Waals surface area contributed by atoms with Crippen molar-refractivity contribution in [2.45, 2.75) is 32.9 Å². The number of aromatic nitrogens is 2. The number of benzene rings is 3. The minimum absolute atomic E-state index is 0.143. The van der Waals surface area contributed by atoms with E-state index in [2.05, 4.69) is 115 Å². The van der Waals surface area contributed by atoms with Crippen LogP contribution in [0.2, 0.25) is 0 Å². The predicted octanol–water partition coefficient (Wildman–Crippen LogP) is 6.40. The number of nitrogens with zero attached hydrogens (tertiary/aromatic N) is 2. The Kier molecular flexibility index (Phi) is 5.74. The van der Waals surface area contributed by atoms with Crippen molar-refractivity contribution < 1.29 is 0 Å². The molecule has 0 radical (unpaired) electrons. The molecule has 0 saturated carbocycles. The van der Waals surface area contributed by atoms with E-state index in [1.807, 2.05) is 6.20 Å². The van der Waals surface area contributed by atoms with Crippen LogP contribution in [0.4, 0.5) is 0 Å². The fraction of sp³-hybridized carbons (Fsp3) is 0.207. The highest BCUT2D eigenvalue weighted by molar-refractivity contribution is 5.73. The SMILES string of the molecule is CCc1ccccc1-c1ncc(-c2cccc(C3=CNC(c4ccccc4CC)N3C)c2)[nH]1. The van der Waals surface area contributed by atoms with Gasteiger partial charge in [-0.25, -0.2) is 4.98 Å². The molecule has 1 atom stereocenters. The Morgan fingerprint density at radius 3 is 2.39 bits per heavy atom. The quantitative estimate of drug-likeness (QED) is 0.369. The minimum Gasteiger partial charge on any atom is -0.366 e. The Labute approximate surface area is 196 Å². The molecule has 2 N–H and O–H groups in total. The molecule has 3 aromatic carbocycles. The molecule has 0 bridgehead atoms. The number of imidazole rings is 1. The molecule has 4 nitrogen and oxygen atoms in total. The molecule has 0 amide bonds. The van der Waals surface area contributed by atoms with Crippen LogP contribution in [0.15, 0.2) is 85.2 Å². The van der Waals surface area contributed by atoms with Crippen LogP contribution in [-0.2, 0) is 12.8 Å². The van der Waals surface area contributed by atoms with Crippen molar-refractivity contribution in [1.82, 2.24) is 20.2 Å². The van der Waals surface area contributed by atoms with Crippen molar-refractivity contribution in [3.63, 3.8) is 0 Å². The second-order valence-corrected chi connectivity index (χ2v) is 8.50. The molecule has 5 rings (SSSR count). The zero-order chi connectivity index (χ0) is 22.8. The molecular weight excluding hydrogens is 404 g/mol. The van der Waals surface area contributed by atoms with Crippen molar-refractivity contribution in [3.8, 4) is 22.6 Å². The molecule has 33 heavy (non-hydrogen) atoms. The summed E-state index contributed by atoms with van der Waals surface area (Å²) in [6.07, 6.45) is 6.22. The van der Waals surface area contributed by atoms with Gasteiger partial charge in [-0.2, -0.15) is 0 Å². The average Bonchev–Trinajstić information content (AvgIpc) is 3.51. The third-order valence-corrected chi connectivity index (χ3v) is 6.57.